The molecular formula is C28H28F2N2O8. The molecule has 0 unspecified atom stereocenters. The summed E-state index contributed by atoms with van der Waals surface area (Å²) in [5.74, 6) is -4.05. The van der Waals surface area contributed by atoms with E-state index in [-0.39, 0.29) is 22.9 Å². The van der Waals surface area contributed by atoms with Gasteiger partial charge in [0.25, 0.3) is 5.91 Å². The van der Waals surface area contributed by atoms with Crippen molar-refractivity contribution >= 4 is 17.8 Å². The highest BCUT2D eigenvalue weighted by Gasteiger charge is 2.29. The van der Waals surface area contributed by atoms with Gasteiger partial charge in [0.1, 0.15) is 18.0 Å². The van der Waals surface area contributed by atoms with Gasteiger partial charge in [0, 0.05) is 25.3 Å². The fraction of sp³-hybridized carbons (Fsp3) is 0.286. The number of methoxy groups -OCH3 is 1. The number of amides is 1. The molecule has 0 radical (unpaired) electrons. The van der Waals surface area contributed by atoms with Crippen LogP contribution in [-0.4, -0.2) is 48.9 Å². The average Bonchev–Trinajstić information content (AvgIpc) is 2.93. The van der Waals surface area contributed by atoms with Gasteiger partial charge >= 0.3 is 11.9 Å². The normalized spacial score (nSPS) is 12.8. The van der Waals surface area contributed by atoms with Crippen LogP contribution in [-0.2, 0) is 19.1 Å². The van der Waals surface area contributed by atoms with Crippen molar-refractivity contribution in [3.05, 3.63) is 83.7 Å². The maximum atomic E-state index is 14.3. The highest BCUT2D eigenvalue weighted by molar-refractivity contribution is 5.98. The van der Waals surface area contributed by atoms with E-state index in [0.717, 1.165) is 18.2 Å². The molecule has 1 aromatic heterocycles. The first-order valence-electron chi connectivity index (χ1n) is 12.1. The van der Waals surface area contributed by atoms with Crippen molar-refractivity contribution in [2.24, 2.45) is 0 Å². The van der Waals surface area contributed by atoms with Crippen LogP contribution in [0.1, 0.15) is 42.9 Å². The third kappa shape index (κ3) is 7.88. The Hall–Kier alpha value is -4.74. The fourth-order valence-electron chi connectivity index (χ4n) is 3.52. The number of ether oxygens (including phenoxy) is 5. The number of esters is 2. The molecule has 3 atom stereocenters. The molecule has 212 valence electrons. The number of carbonyl (C=O) groups is 3. The monoisotopic (exact) mass is 558 g/mol. The Morgan fingerprint density at radius 2 is 1.73 bits per heavy atom. The van der Waals surface area contributed by atoms with Crippen LogP contribution in [0.15, 0.2) is 60.8 Å². The lowest BCUT2D eigenvalue weighted by molar-refractivity contribution is -0.155. The van der Waals surface area contributed by atoms with Crippen LogP contribution in [0.5, 0.6) is 17.2 Å². The van der Waals surface area contributed by atoms with E-state index in [2.05, 4.69) is 10.3 Å². The minimum Gasteiger partial charge on any atom is -0.493 e. The second kappa shape index (κ2) is 13.9. The number of hydrogen-bond acceptors (Lipinski definition) is 9. The van der Waals surface area contributed by atoms with Gasteiger partial charge in [-0.1, -0.05) is 30.3 Å². The zero-order chi connectivity index (χ0) is 29.2. The number of halogens is 2. The smallest absolute Gasteiger partial charge is 0.328 e. The van der Waals surface area contributed by atoms with Gasteiger partial charge in [-0.05, 0) is 31.5 Å². The van der Waals surface area contributed by atoms with Crippen molar-refractivity contribution in [3.8, 4) is 17.2 Å². The topological polar surface area (TPSA) is 122 Å². The second-order valence-electron chi connectivity index (χ2n) is 8.45. The van der Waals surface area contributed by atoms with E-state index in [4.69, 9.17) is 23.7 Å². The summed E-state index contributed by atoms with van der Waals surface area (Å²) in [5.41, 5.74) is 0.310. The Kier molecular flexibility index (Phi) is 10.3. The van der Waals surface area contributed by atoms with Gasteiger partial charge in [-0.3, -0.25) is 9.59 Å². The maximum Gasteiger partial charge on any atom is 0.328 e. The molecule has 0 saturated carbocycles. The largest absolute Gasteiger partial charge is 0.493 e. The van der Waals surface area contributed by atoms with Crippen LogP contribution >= 0.6 is 0 Å². The van der Waals surface area contributed by atoms with Gasteiger partial charge in [-0.15, -0.1) is 0 Å². The first kappa shape index (κ1) is 29.8. The third-order valence-electron chi connectivity index (χ3n) is 5.47. The van der Waals surface area contributed by atoms with Gasteiger partial charge < -0.3 is 29.0 Å². The molecule has 12 heteroatoms. The van der Waals surface area contributed by atoms with Crippen LogP contribution < -0.4 is 19.5 Å². The molecule has 0 aliphatic heterocycles. The van der Waals surface area contributed by atoms with Gasteiger partial charge in [-0.25, -0.2) is 18.6 Å². The number of carbonyl (C=O) groups excluding carboxylic acids is 3. The zero-order valence-electron chi connectivity index (χ0n) is 22.2. The fourth-order valence-corrected chi connectivity index (χ4v) is 3.52. The third-order valence-corrected chi connectivity index (χ3v) is 5.47. The van der Waals surface area contributed by atoms with Crippen molar-refractivity contribution in [1.29, 1.82) is 0 Å². The first-order chi connectivity index (χ1) is 19.1. The van der Waals surface area contributed by atoms with Crippen molar-refractivity contribution < 1.29 is 46.8 Å². The molecule has 2 aromatic carbocycles. The Morgan fingerprint density at radius 3 is 2.40 bits per heavy atom. The summed E-state index contributed by atoms with van der Waals surface area (Å²) in [6.07, 6.45) is -0.703. The summed E-state index contributed by atoms with van der Waals surface area (Å²) in [5, 5.41) is 2.47. The zero-order valence-corrected chi connectivity index (χ0v) is 22.2. The molecule has 0 fully saturated rings. The van der Waals surface area contributed by atoms with Gasteiger partial charge in [0.05, 0.1) is 7.11 Å². The quantitative estimate of drug-likeness (QED) is 0.258. The van der Waals surface area contributed by atoms with E-state index in [9.17, 15) is 23.2 Å². The van der Waals surface area contributed by atoms with E-state index < -0.39 is 54.5 Å². The predicted octanol–water partition coefficient (Wildman–Crippen LogP) is 4.14. The van der Waals surface area contributed by atoms with E-state index in [0.29, 0.717) is 5.56 Å². The van der Waals surface area contributed by atoms with Gasteiger partial charge in [0.2, 0.25) is 6.79 Å². The Labute approximate surface area is 229 Å². The Bertz CT molecular complexity index is 1340. The van der Waals surface area contributed by atoms with Crippen LogP contribution in [0.25, 0.3) is 0 Å². The summed E-state index contributed by atoms with van der Waals surface area (Å²) >= 11 is 0. The van der Waals surface area contributed by atoms with Crippen LogP contribution in [0.2, 0.25) is 0 Å². The molecule has 3 rings (SSSR count). The van der Waals surface area contributed by atoms with Gasteiger partial charge in [0.15, 0.2) is 34.9 Å². The van der Waals surface area contributed by atoms with Crippen molar-refractivity contribution in [1.82, 2.24) is 10.3 Å². The number of nitrogens with one attached hydrogen (secondary N) is 1. The lowest BCUT2D eigenvalue weighted by Crippen LogP contribution is -2.42. The molecule has 10 nitrogen and oxygen atoms in total. The summed E-state index contributed by atoms with van der Waals surface area (Å²) in [6, 6.07) is 11.6. The highest BCUT2D eigenvalue weighted by Crippen LogP contribution is 2.31. The lowest BCUT2D eigenvalue weighted by Gasteiger charge is -2.27. The Balaban J connectivity index is 1.74. The maximum absolute atomic E-state index is 14.3. The molecule has 0 spiro atoms. The predicted molar refractivity (Wildman–Crippen MR) is 137 cm³/mol. The molecule has 0 saturated heterocycles. The van der Waals surface area contributed by atoms with E-state index in [1.807, 2.05) is 0 Å². The van der Waals surface area contributed by atoms with Crippen molar-refractivity contribution in [2.75, 3.05) is 13.9 Å². The first-order valence-corrected chi connectivity index (χ1v) is 12.1. The second-order valence-corrected chi connectivity index (χ2v) is 8.45. The summed E-state index contributed by atoms with van der Waals surface area (Å²) < 4.78 is 54.7. The van der Waals surface area contributed by atoms with Crippen LogP contribution in [0, 0.1) is 11.6 Å². The SMILES string of the molecule is COc1ccnc(C(=O)N[C@@H](C)C(=O)O[C@@H](C)[C@H](Oc2cc(F)ccc2F)c2ccccc2)c1OCOC(C)=O. The molecule has 3 aromatic rings. The molecule has 1 N–H and O–H groups in total. The average molecular weight is 559 g/mol. The highest BCUT2D eigenvalue weighted by atomic mass is 19.1. The van der Waals surface area contributed by atoms with E-state index >= 15 is 0 Å². The molecule has 0 aliphatic carbocycles. The number of aromatic nitrogens is 1. The summed E-state index contributed by atoms with van der Waals surface area (Å²) in [4.78, 5) is 41.0. The minimum atomic E-state index is -1.17. The number of rotatable bonds is 12. The summed E-state index contributed by atoms with van der Waals surface area (Å²) in [7, 11) is 1.35. The molecule has 40 heavy (non-hydrogen) atoms. The minimum absolute atomic E-state index is 0.104. The molecule has 1 amide bonds. The van der Waals surface area contributed by atoms with Crippen molar-refractivity contribution in [3.63, 3.8) is 0 Å². The molecule has 0 aliphatic rings. The number of nitrogens with zero attached hydrogens (tertiary/aromatic N) is 1. The van der Waals surface area contributed by atoms with Crippen molar-refractivity contribution in [2.45, 2.75) is 39.0 Å². The number of pyridine rings is 1. The van der Waals surface area contributed by atoms with E-state index in [1.165, 1.54) is 40.1 Å². The van der Waals surface area contributed by atoms with Gasteiger partial charge in [-0.2, -0.15) is 0 Å². The van der Waals surface area contributed by atoms with Crippen LogP contribution in [0.3, 0.4) is 0 Å². The molecular weight excluding hydrogens is 530 g/mol. The molecule has 1 heterocycles. The van der Waals surface area contributed by atoms with Crippen LogP contribution in [0.4, 0.5) is 8.78 Å². The number of hydrogen-bond donors (Lipinski definition) is 1. The van der Waals surface area contributed by atoms with E-state index in [1.54, 1.807) is 30.3 Å². The standard InChI is InChI=1S/C28H28F2N2O8/c1-16(32-27(34)24-26(38-15-37-18(3)33)22(36-4)12-13-31-24)28(35)39-17(2)25(19-8-6-5-7-9-19)40-23-14-20(29)10-11-21(23)30/h5-14,16-17,25H,15H2,1-4H3,(H,32,34)/t16-,17-,25-/m0/s1. The summed E-state index contributed by atoms with van der Waals surface area (Å²) in [6.45, 7) is 3.59. The number of benzene rings is 2. The lowest BCUT2D eigenvalue weighted by atomic mass is 10.0. The molecule has 0 bridgehead atoms. The Morgan fingerprint density at radius 1 is 1.00 bits per heavy atom.